The second-order valence-corrected chi connectivity index (χ2v) is 8.51. The molecule has 8 nitrogen and oxygen atoms in total. The van der Waals surface area contributed by atoms with Crippen molar-refractivity contribution in [3.8, 4) is 16.9 Å². The fourth-order valence-electron chi connectivity index (χ4n) is 3.50. The maximum atomic E-state index is 6.14. The lowest BCUT2D eigenvalue weighted by Gasteiger charge is -2.05. The maximum Gasteiger partial charge on any atom is 0.249 e. The van der Waals surface area contributed by atoms with Gasteiger partial charge in [-0.05, 0) is 25.1 Å². The Morgan fingerprint density at radius 2 is 1.94 bits per heavy atom. The number of anilines is 2. The maximum absolute atomic E-state index is 6.14. The number of hydrogen-bond donors (Lipinski definition) is 1. The Morgan fingerprint density at radius 3 is 2.78 bits per heavy atom. The van der Waals surface area contributed by atoms with E-state index in [1.165, 1.54) is 23.2 Å². The number of nitrogens with one attached hydrogen (secondary N) is 1. The second-order valence-electron chi connectivity index (χ2n) is 7.24. The zero-order chi connectivity index (χ0) is 21.7. The van der Waals surface area contributed by atoms with Crippen molar-refractivity contribution in [2.24, 2.45) is 0 Å². The smallest absolute Gasteiger partial charge is 0.249 e. The molecule has 156 valence electrons. The summed E-state index contributed by atoms with van der Waals surface area (Å²) in [5.74, 6) is 1.04. The molecule has 0 amide bonds. The van der Waals surface area contributed by atoms with Crippen molar-refractivity contribution in [1.82, 2.24) is 34.3 Å². The van der Waals surface area contributed by atoms with Gasteiger partial charge in [0.2, 0.25) is 10.9 Å². The minimum Gasteiger partial charge on any atom is -0.307 e. The van der Waals surface area contributed by atoms with Gasteiger partial charge in [0, 0.05) is 16.0 Å². The largest absolute Gasteiger partial charge is 0.307 e. The normalized spacial score (nSPS) is 11.4. The van der Waals surface area contributed by atoms with Gasteiger partial charge in [0.25, 0.3) is 0 Å². The molecule has 0 atom stereocenters. The van der Waals surface area contributed by atoms with Crippen LogP contribution in [0.3, 0.4) is 0 Å². The summed E-state index contributed by atoms with van der Waals surface area (Å²) in [6.45, 7) is 2.07. The number of fused-ring (bicyclic) bond motifs is 2. The molecule has 4 heterocycles. The number of hydrogen-bond acceptors (Lipinski definition) is 7. The van der Waals surface area contributed by atoms with Crippen molar-refractivity contribution in [3.63, 3.8) is 0 Å². The molecule has 0 bridgehead atoms. The third-order valence-electron chi connectivity index (χ3n) is 5.08. The third kappa shape index (κ3) is 3.19. The summed E-state index contributed by atoms with van der Waals surface area (Å²) >= 11 is 7.68. The highest BCUT2D eigenvalue weighted by molar-refractivity contribution is 7.15. The van der Waals surface area contributed by atoms with Crippen molar-refractivity contribution in [1.29, 1.82) is 0 Å². The second kappa shape index (κ2) is 7.40. The zero-order valence-corrected chi connectivity index (χ0v) is 18.3. The predicted molar refractivity (Wildman–Crippen MR) is 126 cm³/mol. The van der Waals surface area contributed by atoms with Gasteiger partial charge in [-0.25, -0.2) is 19.2 Å². The summed E-state index contributed by atoms with van der Waals surface area (Å²) in [7, 11) is 0. The van der Waals surface area contributed by atoms with Gasteiger partial charge < -0.3 is 5.32 Å². The first-order valence-corrected chi connectivity index (χ1v) is 11.0. The van der Waals surface area contributed by atoms with Crippen molar-refractivity contribution >= 4 is 50.7 Å². The van der Waals surface area contributed by atoms with Crippen LogP contribution in [-0.2, 0) is 0 Å². The van der Waals surface area contributed by atoms with E-state index in [0.29, 0.717) is 22.4 Å². The van der Waals surface area contributed by atoms with Gasteiger partial charge in [-0.3, -0.25) is 0 Å². The van der Waals surface area contributed by atoms with E-state index in [2.05, 4.69) is 67.0 Å². The molecule has 0 aliphatic carbocycles. The summed E-state index contributed by atoms with van der Waals surface area (Å²) in [4.78, 5) is 14.2. The lowest BCUT2D eigenvalue weighted by molar-refractivity contribution is 0.895. The molecule has 10 heteroatoms. The Morgan fingerprint density at radius 1 is 1.06 bits per heavy atom. The number of rotatable bonds is 4. The number of aromatic nitrogens is 7. The monoisotopic (exact) mass is 458 g/mol. The van der Waals surface area contributed by atoms with Crippen LogP contribution in [0.15, 0.2) is 66.4 Å². The number of thiazole rings is 1. The molecular formula is C22H15ClN8S. The molecule has 0 saturated carbocycles. The van der Waals surface area contributed by atoms with Crippen molar-refractivity contribution in [2.75, 3.05) is 5.32 Å². The Balaban J connectivity index is 1.37. The highest BCUT2D eigenvalue weighted by Crippen LogP contribution is 2.28. The number of benzene rings is 2. The van der Waals surface area contributed by atoms with Crippen LogP contribution < -0.4 is 5.32 Å². The first-order chi connectivity index (χ1) is 15.7. The summed E-state index contributed by atoms with van der Waals surface area (Å²) in [5, 5.41) is 15.8. The van der Waals surface area contributed by atoms with E-state index in [1.807, 2.05) is 28.8 Å². The Kier molecular flexibility index (Phi) is 4.37. The van der Waals surface area contributed by atoms with Gasteiger partial charge in [0.15, 0.2) is 5.65 Å². The Hall–Kier alpha value is -3.82. The highest BCUT2D eigenvalue weighted by Gasteiger charge is 2.15. The van der Waals surface area contributed by atoms with Crippen LogP contribution >= 0.6 is 22.9 Å². The van der Waals surface area contributed by atoms with E-state index in [1.54, 1.807) is 10.9 Å². The number of aryl methyl sites for hydroxylation is 1. The summed E-state index contributed by atoms with van der Waals surface area (Å²) < 4.78 is 3.56. The van der Waals surface area contributed by atoms with Crippen LogP contribution in [0.25, 0.3) is 32.9 Å². The summed E-state index contributed by atoms with van der Waals surface area (Å²) in [6.07, 6.45) is 3.21. The Labute approximate surface area is 191 Å². The topological polar surface area (TPSA) is 85.8 Å². The zero-order valence-electron chi connectivity index (χ0n) is 16.8. The van der Waals surface area contributed by atoms with Gasteiger partial charge in [-0.1, -0.05) is 47.5 Å². The molecule has 0 saturated heterocycles. The van der Waals surface area contributed by atoms with E-state index in [-0.39, 0.29) is 0 Å². The number of halogens is 1. The molecule has 0 aliphatic rings. The molecule has 0 aliphatic heterocycles. The van der Waals surface area contributed by atoms with E-state index in [4.69, 9.17) is 11.6 Å². The van der Waals surface area contributed by atoms with Crippen molar-refractivity contribution in [3.05, 3.63) is 77.0 Å². The van der Waals surface area contributed by atoms with Gasteiger partial charge in [0.1, 0.15) is 12.1 Å². The van der Waals surface area contributed by atoms with Crippen molar-refractivity contribution in [2.45, 2.75) is 6.92 Å². The lowest BCUT2D eigenvalue weighted by Crippen LogP contribution is -2.00. The summed E-state index contributed by atoms with van der Waals surface area (Å²) in [6, 6.07) is 15.8. The lowest BCUT2D eigenvalue weighted by atomic mass is 10.1. The Bertz CT molecular complexity index is 1580. The minimum atomic E-state index is 0.459. The standard InChI is InChI=1S/C22H15ClN8S/c1-13-5-7-14(8-6-13)18-11-32-22-28-21(29-31(18)22)27-19-17-10-26-30(20(17)25-12-24-19)16-4-2-3-15(23)9-16/h2-12H,1H3,(H,24,25,27,29). The van der Waals surface area contributed by atoms with Crippen LogP contribution in [0.4, 0.5) is 11.8 Å². The molecule has 6 aromatic rings. The number of nitrogens with zero attached hydrogens (tertiary/aromatic N) is 7. The van der Waals surface area contributed by atoms with Gasteiger partial charge >= 0.3 is 0 Å². The molecule has 0 unspecified atom stereocenters. The van der Waals surface area contributed by atoms with Crippen LogP contribution in [-0.4, -0.2) is 34.3 Å². The van der Waals surface area contributed by atoms with E-state index in [0.717, 1.165) is 27.3 Å². The third-order valence-corrected chi connectivity index (χ3v) is 6.13. The molecule has 2 aromatic carbocycles. The molecule has 6 rings (SSSR count). The molecule has 32 heavy (non-hydrogen) atoms. The molecule has 0 radical (unpaired) electrons. The first-order valence-electron chi connectivity index (χ1n) is 9.79. The average molecular weight is 459 g/mol. The fraction of sp³-hybridized carbons (Fsp3) is 0.0455. The minimum absolute atomic E-state index is 0.459. The molecule has 0 fully saturated rings. The SMILES string of the molecule is Cc1ccc(-c2csc3nc(Nc4ncnc5c4cnn5-c4cccc(Cl)c4)nn23)cc1. The molecular weight excluding hydrogens is 444 g/mol. The van der Waals surface area contributed by atoms with Gasteiger partial charge in [-0.15, -0.1) is 16.4 Å². The van der Waals surface area contributed by atoms with Gasteiger partial charge in [-0.2, -0.15) is 10.1 Å². The molecule has 4 aromatic heterocycles. The fourth-order valence-corrected chi connectivity index (χ4v) is 4.52. The van der Waals surface area contributed by atoms with Gasteiger partial charge in [0.05, 0.1) is 23.0 Å². The van der Waals surface area contributed by atoms with E-state index < -0.39 is 0 Å². The van der Waals surface area contributed by atoms with E-state index >= 15 is 0 Å². The first kappa shape index (κ1) is 18.9. The van der Waals surface area contributed by atoms with Crippen LogP contribution in [0.1, 0.15) is 5.56 Å². The quantitative estimate of drug-likeness (QED) is 0.386. The van der Waals surface area contributed by atoms with Crippen molar-refractivity contribution < 1.29 is 0 Å². The van der Waals surface area contributed by atoms with Crippen LogP contribution in [0, 0.1) is 6.92 Å². The summed E-state index contributed by atoms with van der Waals surface area (Å²) in [5.41, 5.74) is 4.77. The predicted octanol–water partition coefficient (Wildman–Crippen LogP) is 5.29. The van der Waals surface area contributed by atoms with E-state index in [9.17, 15) is 0 Å². The van der Waals surface area contributed by atoms with Crippen LogP contribution in [0.2, 0.25) is 5.02 Å². The molecule has 0 spiro atoms. The average Bonchev–Trinajstić information content (AvgIpc) is 3.49. The molecule has 1 N–H and O–H groups in total. The van der Waals surface area contributed by atoms with Crippen LogP contribution in [0.5, 0.6) is 0 Å². The highest BCUT2D eigenvalue weighted by atomic mass is 35.5.